The summed E-state index contributed by atoms with van der Waals surface area (Å²) in [5, 5.41) is 9.15. The third kappa shape index (κ3) is 4.44. The zero-order chi connectivity index (χ0) is 19.9. The molecule has 0 aliphatic carbocycles. The van der Waals surface area contributed by atoms with Crippen LogP contribution in [0, 0.1) is 12.3 Å². The van der Waals surface area contributed by atoms with Gasteiger partial charge in [0.05, 0.1) is 12.2 Å². The van der Waals surface area contributed by atoms with Crippen LogP contribution < -0.4 is 9.47 Å². The first-order valence-electron chi connectivity index (χ1n) is 7.88. The summed E-state index contributed by atoms with van der Waals surface area (Å²) in [5.41, 5.74) is 0.577. The monoisotopic (exact) mass is 484 g/mol. The molecule has 0 saturated heterocycles. The van der Waals surface area contributed by atoms with Crippen molar-refractivity contribution in [1.29, 1.82) is 0 Å². The quantitative estimate of drug-likeness (QED) is 0.475. The molecule has 0 bridgehead atoms. The first-order chi connectivity index (χ1) is 11.8. The van der Waals surface area contributed by atoms with E-state index in [1.54, 1.807) is 13.0 Å². The molecule has 26 heavy (non-hydrogen) atoms. The van der Waals surface area contributed by atoms with Crippen molar-refractivity contribution >= 4 is 34.6 Å². The fraction of sp³-hybridized carbons (Fsp3) is 0.500. The van der Waals surface area contributed by atoms with E-state index in [1.165, 1.54) is 0 Å². The van der Waals surface area contributed by atoms with Crippen molar-refractivity contribution in [2.24, 2.45) is 5.41 Å². The number of carbonyl (C=O) groups is 1. The third-order valence-electron chi connectivity index (χ3n) is 3.73. The molecular formula is C18H20F3IO4. The molecule has 0 saturated carbocycles. The molecule has 1 aromatic rings. The van der Waals surface area contributed by atoms with Gasteiger partial charge in [-0.3, -0.25) is 0 Å². The van der Waals surface area contributed by atoms with Gasteiger partial charge in [0.2, 0.25) is 6.10 Å². The van der Waals surface area contributed by atoms with Gasteiger partial charge < -0.3 is 14.6 Å². The van der Waals surface area contributed by atoms with E-state index in [9.17, 15) is 18.0 Å². The van der Waals surface area contributed by atoms with E-state index in [1.807, 2.05) is 20.8 Å². The molecule has 144 valence electrons. The van der Waals surface area contributed by atoms with E-state index in [0.29, 0.717) is 27.9 Å². The molecule has 0 aromatic heterocycles. The van der Waals surface area contributed by atoms with Gasteiger partial charge in [-0.2, -0.15) is 13.2 Å². The minimum atomic E-state index is -4.83. The highest BCUT2D eigenvalue weighted by atomic mass is 127. The van der Waals surface area contributed by atoms with Crippen LogP contribution >= 0.6 is 22.6 Å². The van der Waals surface area contributed by atoms with Gasteiger partial charge in [-0.15, -0.1) is 0 Å². The first kappa shape index (κ1) is 20.9. The Balaban J connectivity index is 2.58. The molecule has 2 rings (SSSR count). The highest BCUT2D eigenvalue weighted by Gasteiger charge is 2.49. The van der Waals surface area contributed by atoms with Crippen LogP contribution in [-0.2, 0) is 9.22 Å². The largest absolute Gasteiger partial charge is 0.492 e. The second kappa shape index (κ2) is 7.28. The number of hydrogen-bond donors (Lipinski definition) is 1. The SMILES string of the molecule is Cc1c2c(cc(CI)c1OCC(C)(C)C)C=C(C(=O)O)C(C(F)(F)F)O2. The molecule has 1 heterocycles. The van der Waals surface area contributed by atoms with Gasteiger partial charge in [0.25, 0.3) is 0 Å². The van der Waals surface area contributed by atoms with Crippen molar-refractivity contribution in [3.8, 4) is 11.5 Å². The van der Waals surface area contributed by atoms with Crippen molar-refractivity contribution in [3.63, 3.8) is 0 Å². The maximum atomic E-state index is 13.3. The number of rotatable bonds is 4. The number of carboxylic acid groups (broad SMARTS) is 1. The summed E-state index contributed by atoms with van der Waals surface area (Å²) in [7, 11) is 0. The molecule has 4 nitrogen and oxygen atoms in total. The molecule has 1 aliphatic heterocycles. The number of benzene rings is 1. The summed E-state index contributed by atoms with van der Waals surface area (Å²) in [5.74, 6) is -1.16. The van der Waals surface area contributed by atoms with Crippen molar-refractivity contribution in [2.75, 3.05) is 6.61 Å². The number of fused-ring (bicyclic) bond motifs is 1. The van der Waals surface area contributed by atoms with Gasteiger partial charge in [-0.05, 0) is 24.5 Å². The molecule has 0 radical (unpaired) electrons. The van der Waals surface area contributed by atoms with E-state index in [-0.39, 0.29) is 11.2 Å². The fourth-order valence-corrected chi connectivity index (χ4v) is 3.14. The van der Waals surface area contributed by atoms with E-state index in [4.69, 9.17) is 14.6 Å². The molecular weight excluding hydrogens is 464 g/mol. The number of ether oxygens (including phenoxy) is 2. The predicted octanol–water partition coefficient (Wildman–Crippen LogP) is 5.15. The lowest BCUT2D eigenvalue weighted by molar-refractivity contribution is -0.187. The Bertz CT molecular complexity index is 748. The standard InChI is InChI=1S/C18H20F3IO4/c1-9-13(25-8-17(2,3)4)11(7-22)5-10-6-12(16(23)24)15(18(19,20)21)26-14(9)10/h5-6,15H,7-8H2,1-4H3,(H,23,24). The first-order valence-corrected chi connectivity index (χ1v) is 9.41. The molecule has 1 unspecified atom stereocenters. The predicted molar refractivity (Wildman–Crippen MR) is 99.9 cm³/mol. The van der Waals surface area contributed by atoms with Crippen LogP contribution in [-0.4, -0.2) is 30.0 Å². The summed E-state index contributed by atoms with van der Waals surface area (Å²) in [6.07, 6.45) is -6.30. The summed E-state index contributed by atoms with van der Waals surface area (Å²) < 4.78 is 51.4. The minimum Gasteiger partial charge on any atom is -0.492 e. The molecule has 0 fully saturated rings. The van der Waals surface area contributed by atoms with Crippen LogP contribution in [0.25, 0.3) is 6.08 Å². The van der Waals surface area contributed by atoms with E-state index < -0.39 is 23.8 Å². The Hall–Kier alpha value is -1.45. The van der Waals surface area contributed by atoms with Crippen LogP contribution in [0.3, 0.4) is 0 Å². The normalized spacial score (nSPS) is 17.2. The van der Waals surface area contributed by atoms with E-state index in [2.05, 4.69) is 22.6 Å². The zero-order valence-electron chi connectivity index (χ0n) is 14.8. The number of hydrogen-bond acceptors (Lipinski definition) is 3. The summed E-state index contributed by atoms with van der Waals surface area (Å²) in [6, 6.07) is 1.63. The Kier molecular flexibility index (Phi) is 5.84. The maximum absolute atomic E-state index is 13.3. The Labute approximate surface area is 163 Å². The average molecular weight is 484 g/mol. The molecule has 1 atom stereocenters. The summed E-state index contributed by atoms with van der Waals surface area (Å²) >= 11 is 2.13. The topological polar surface area (TPSA) is 55.8 Å². The van der Waals surface area contributed by atoms with Crippen LogP contribution in [0.2, 0.25) is 0 Å². The summed E-state index contributed by atoms with van der Waals surface area (Å²) in [6.45, 7) is 7.97. The van der Waals surface area contributed by atoms with Crippen molar-refractivity contribution in [1.82, 2.24) is 0 Å². The Morgan fingerprint density at radius 1 is 1.35 bits per heavy atom. The average Bonchev–Trinajstić information content (AvgIpc) is 2.50. The highest BCUT2D eigenvalue weighted by Crippen LogP contribution is 2.44. The Morgan fingerprint density at radius 3 is 2.42 bits per heavy atom. The molecule has 0 spiro atoms. The van der Waals surface area contributed by atoms with Gasteiger partial charge in [0.1, 0.15) is 11.5 Å². The lowest BCUT2D eigenvalue weighted by Crippen LogP contribution is -2.40. The summed E-state index contributed by atoms with van der Waals surface area (Å²) in [4.78, 5) is 11.3. The maximum Gasteiger partial charge on any atom is 0.430 e. The number of halogens is 4. The number of carboxylic acids is 1. The highest BCUT2D eigenvalue weighted by molar-refractivity contribution is 14.1. The lowest BCUT2D eigenvalue weighted by atomic mass is 9.96. The molecule has 1 aromatic carbocycles. The third-order valence-corrected chi connectivity index (χ3v) is 4.55. The minimum absolute atomic E-state index is 0.00911. The lowest BCUT2D eigenvalue weighted by Gasteiger charge is -2.30. The smallest absolute Gasteiger partial charge is 0.430 e. The van der Waals surface area contributed by atoms with Crippen molar-refractivity contribution < 1.29 is 32.5 Å². The van der Waals surface area contributed by atoms with Crippen LogP contribution in [0.1, 0.15) is 37.5 Å². The van der Waals surface area contributed by atoms with Gasteiger partial charge in [0, 0.05) is 21.1 Å². The number of alkyl halides is 4. The molecule has 8 heteroatoms. The van der Waals surface area contributed by atoms with Crippen LogP contribution in [0.5, 0.6) is 11.5 Å². The number of aliphatic carboxylic acids is 1. The van der Waals surface area contributed by atoms with Gasteiger partial charge in [-0.25, -0.2) is 4.79 Å². The molecule has 1 N–H and O–H groups in total. The van der Waals surface area contributed by atoms with Crippen LogP contribution in [0.4, 0.5) is 13.2 Å². The van der Waals surface area contributed by atoms with E-state index >= 15 is 0 Å². The van der Waals surface area contributed by atoms with Gasteiger partial charge in [-0.1, -0.05) is 43.4 Å². The Morgan fingerprint density at radius 2 is 1.96 bits per heavy atom. The van der Waals surface area contributed by atoms with E-state index in [0.717, 1.165) is 11.6 Å². The van der Waals surface area contributed by atoms with Gasteiger partial charge >= 0.3 is 12.1 Å². The van der Waals surface area contributed by atoms with Gasteiger partial charge in [0.15, 0.2) is 0 Å². The molecule has 1 aliphatic rings. The zero-order valence-corrected chi connectivity index (χ0v) is 17.0. The fourth-order valence-electron chi connectivity index (χ4n) is 2.57. The second-order valence-corrected chi connectivity index (χ2v) is 8.10. The van der Waals surface area contributed by atoms with Crippen LogP contribution in [0.15, 0.2) is 11.6 Å². The van der Waals surface area contributed by atoms with Crippen molar-refractivity contribution in [2.45, 2.75) is 44.4 Å². The molecule has 0 amide bonds. The van der Waals surface area contributed by atoms with Crippen molar-refractivity contribution in [3.05, 3.63) is 28.3 Å². The second-order valence-electron chi connectivity index (χ2n) is 7.34.